The second-order valence-corrected chi connectivity index (χ2v) is 3.76. The van der Waals surface area contributed by atoms with Crippen LogP contribution in [0.4, 0.5) is 0 Å². The van der Waals surface area contributed by atoms with Gasteiger partial charge < -0.3 is 30.4 Å². The second kappa shape index (κ2) is 7.10. The minimum atomic E-state index is -1.03. The fraction of sp³-hybridized carbons (Fsp3) is 0.364. The predicted octanol–water partition coefficient (Wildman–Crippen LogP) is -1.18. The maximum atomic E-state index is 9.65. The molecule has 19 heavy (non-hydrogen) atoms. The quantitative estimate of drug-likeness (QED) is 0.402. The van der Waals surface area contributed by atoms with Crippen LogP contribution in [0.1, 0.15) is 18.6 Å². The van der Waals surface area contributed by atoms with Crippen molar-refractivity contribution in [2.45, 2.75) is 13.0 Å². The SMILES string of the molecule is CC(=O)O.NCC1OB(O)c2c(OCO)cccc21. The lowest BCUT2D eigenvalue weighted by molar-refractivity contribution is -0.134. The van der Waals surface area contributed by atoms with Crippen LogP contribution in [0.2, 0.25) is 0 Å². The summed E-state index contributed by atoms with van der Waals surface area (Å²) in [6, 6.07) is 5.27. The van der Waals surface area contributed by atoms with E-state index in [-0.39, 0.29) is 6.10 Å². The van der Waals surface area contributed by atoms with Crippen LogP contribution in [0.25, 0.3) is 0 Å². The van der Waals surface area contributed by atoms with Crippen molar-refractivity contribution in [2.24, 2.45) is 5.73 Å². The van der Waals surface area contributed by atoms with E-state index in [4.69, 9.17) is 30.1 Å². The molecule has 1 heterocycles. The number of carbonyl (C=O) groups is 1. The fourth-order valence-electron chi connectivity index (χ4n) is 1.78. The van der Waals surface area contributed by atoms with E-state index in [0.717, 1.165) is 12.5 Å². The zero-order valence-electron chi connectivity index (χ0n) is 10.4. The van der Waals surface area contributed by atoms with Crippen molar-refractivity contribution in [3.63, 3.8) is 0 Å². The lowest BCUT2D eigenvalue weighted by Crippen LogP contribution is -2.30. The first-order valence-corrected chi connectivity index (χ1v) is 5.60. The summed E-state index contributed by atoms with van der Waals surface area (Å²) in [7, 11) is -1.03. The molecular formula is C11H16BNO6. The van der Waals surface area contributed by atoms with Gasteiger partial charge in [0.15, 0.2) is 6.79 Å². The summed E-state index contributed by atoms with van der Waals surface area (Å²) in [5.41, 5.74) is 6.88. The molecular weight excluding hydrogens is 253 g/mol. The van der Waals surface area contributed by atoms with E-state index in [1.165, 1.54) is 0 Å². The predicted molar refractivity (Wildman–Crippen MR) is 68.0 cm³/mol. The number of aliphatic hydroxyl groups is 1. The van der Waals surface area contributed by atoms with E-state index in [0.29, 0.717) is 17.8 Å². The fourth-order valence-corrected chi connectivity index (χ4v) is 1.78. The summed E-state index contributed by atoms with van der Waals surface area (Å²) in [4.78, 5) is 9.00. The second-order valence-electron chi connectivity index (χ2n) is 3.76. The van der Waals surface area contributed by atoms with Crippen molar-refractivity contribution in [3.05, 3.63) is 23.8 Å². The maximum Gasteiger partial charge on any atom is 0.495 e. The molecule has 0 saturated carbocycles. The Balaban J connectivity index is 0.000000399. The first-order valence-electron chi connectivity index (χ1n) is 5.60. The molecule has 1 unspecified atom stereocenters. The third-order valence-corrected chi connectivity index (χ3v) is 2.42. The van der Waals surface area contributed by atoms with Gasteiger partial charge in [-0.3, -0.25) is 4.79 Å². The van der Waals surface area contributed by atoms with Crippen molar-refractivity contribution in [1.29, 1.82) is 0 Å². The van der Waals surface area contributed by atoms with Crippen LogP contribution in [0.15, 0.2) is 18.2 Å². The molecule has 104 valence electrons. The number of benzene rings is 1. The molecule has 7 nitrogen and oxygen atoms in total. The van der Waals surface area contributed by atoms with Gasteiger partial charge in [0.05, 0.1) is 6.10 Å². The van der Waals surface area contributed by atoms with E-state index in [1.54, 1.807) is 12.1 Å². The van der Waals surface area contributed by atoms with Crippen LogP contribution in [-0.4, -0.2) is 41.7 Å². The molecule has 0 amide bonds. The highest BCUT2D eigenvalue weighted by Crippen LogP contribution is 2.26. The van der Waals surface area contributed by atoms with Crippen LogP contribution < -0.4 is 15.9 Å². The van der Waals surface area contributed by atoms with E-state index < -0.39 is 19.9 Å². The Morgan fingerprint density at radius 2 is 2.21 bits per heavy atom. The molecule has 0 aromatic heterocycles. The topological polar surface area (TPSA) is 122 Å². The molecule has 0 radical (unpaired) electrons. The van der Waals surface area contributed by atoms with Crippen molar-refractivity contribution in [3.8, 4) is 5.75 Å². The highest BCUT2D eigenvalue weighted by atomic mass is 16.6. The van der Waals surface area contributed by atoms with Gasteiger partial charge in [-0.25, -0.2) is 0 Å². The van der Waals surface area contributed by atoms with E-state index in [9.17, 15) is 5.02 Å². The van der Waals surface area contributed by atoms with Crippen molar-refractivity contribution < 1.29 is 29.4 Å². The normalized spacial score (nSPS) is 16.4. The van der Waals surface area contributed by atoms with Crippen molar-refractivity contribution >= 4 is 18.6 Å². The molecule has 1 aliphatic heterocycles. The van der Waals surface area contributed by atoms with Gasteiger partial charge in [-0.1, -0.05) is 12.1 Å². The molecule has 2 rings (SSSR count). The number of fused-ring (bicyclic) bond motifs is 1. The Kier molecular flexibility index (Phi) is 5.77. The number of carboxylic acids is 1. The van der Waals surface area contributed by atoms with Crippen LogP contribution in [0.3, 0.4) is 0 Å². The molecule has 1 atom stereocenters. The van der Waals surface area contributed by atoms with Gasteiger partial charge in [0.1, 0.15) is 5.75 Å². The zero-order chi connectivity index (χ0) is 14.4. The Hall–Kier alpha value is -1.61. The number of rotatable bonds is 3. The largest absolute Gasteiger partial charge is 0.495 e. The summed E-state index contributed by atoms with van der Waals surface area (Å²) in [6.07, 6.45) is -0.308. The number of carboxylic acid groups (broad SMARTS) is 1. The maximum absolute atomic E-state index is 9.65. The minimum Gasteiger partial charge on any atom is -0.481 e. The lowest BCUT2D eigenvalue weighted by atomic mass is 9.78. The Bertz CT molecular complexity index is 437. The average molecular weight is 269 g/mol. The average Bonchev–Trinajstić information content (AvgIpc) is 2.67. The Labute approximate surface area is 110 Å². The highest BCUT2D eigenvalue weighted by molar-refractivity contribution is 6.62. The van der Waals surface area contributed by atoms with Crippen molar-refractivity contribution in [2.75, 3.05) is 13.3 Å². The first-order chi connectivity index (χ1) is 9.01. The standard InChI is InChI=1S/C9H12BNO4.C2H4O2/c11-4-8-6-2-1-3-7(14-5-12)9(6)10(13)15-8;1-2(3)4/h1-3,8,12-13H,4-5,11H2;1H3,(H,3,4). The molecule has 1 aromatic rings. The highest BCUT2D eigenvalue weighted by Gasteiger charge is 2.37. The van der Waals surface area contributed by atoms with E-state index >= 15 is 0 Å². The van der Waals surface area contributed by atoms with Gasteiger partial charge >= 0.3 is 7.12 Å². The number of aliphatic hydroxyl groups excluding tert-OH is 1. The van der Waals surface area contributed by atoms with Gasteiger partial charge in [0.25, 0.3) is 5.97 Å². The summed E-state index contributed by atoms with van der Waals surface area (Å²) in [5.74, 6) is -0.404. The van der Waals surface area contributed by atoms with Gasteiger partial charge in [-0.15, -0.1) is 0 Å². The minimum absolute atomic E-state index is 0.298. The van der Waals surface area contributed by atoms with Crippen LogP contribution in [-0.2, 0) is 9.45 Å². The molecule has 0 bridgehead atoms. The number of ether oxygens (including phenoxy) is 1. The smallest absolute Gasteiger partial charge is 0.481 e. The number of nitrogens with two attached hydrogens (primary N) is 1. The number of hydrogen-bond acceptors (Lipinski definition) is 6. The first kappa shape index (κ1) is 15.5. The molecule has 8 heteroatoms. The molecule has 1 aromatic carbocycles. The number of aliphatic carboxylic acids is 1. The molecule has 0 saturated heterocycles. The van der Waals surface area contributed by atoms with Crippen molar-refractivity contribution in [1.82, 2.24) is 0 Å². The summed E-state index contributed by atoms with van der Waals surface area (Å²) >= 11 is 0. The Morgan fingerprint density at radius 1 is 1.58 bits per heavy atom. The Morgan fingerprint density at radius 3 is 2.74 bits per heavy atom. The summed E-state index contributed by atoms with van der Waals surface area (Å²) in [5, 5.41) is 25.8. The monoisotopic (exact) mass is 269 g/mol. The van der Waals surface area contributed by atoms with Gasteiger partial charge in [0, 0.05) is 18.9 Å². The molecule has 0 aliphatic carbocycles. The van der Waals surface area contributed by atoms with Gasteiger partial charge in [-0.05, 0) is 11.6 Å². The summed E-state index contributed by atoms with van der Waals surface area (Å²) < 4.78 is 10.2. The van der Waals surface area contributed by atoms with E-state index in [2.05, 4.69) is 0 Å². The molecule has 0 fully saturated rings. The molecule has 0 spiro atoms. The third-order valence-electron chi connectivity index (χ3n) is 2.42. The molecule has 5 N–H and O–H groups in total. The molecule has 1 aliphatic rings. The van der Waals surface area contributed by atoms with Gasteiger partial charge in [-0.2, -0.15) is 0 Å². The third kappa shape index (κ3) is 3.93. The van der Waals surface area contributed by atoms with Crippen LogP contribution >= 0.6 is 0 Å². The zero-order valence-corrected chi connectivity index (χ0v) is 10.4. The van der Waals surface area contributed by atoms with Crippen LogP contribution in [0, 0.1) is 0 Å². The summed E-state index contributed by atoms with van der Waals surface area (Å²) in [6.45, 7) is 0.948. The van der Waals surface area contributed by atoms with Gasteiger partial charge in [0.2, 0.25) is 0 Å². The van der Waals surface area contributed by atoms with E-state index in [1.807, 2.05) is 6.07 Å². The number of hydrogen-bond donors (Lipinski definition) is 4. The lowest BCUT2D eigenvalue weighted by Gasteiger charge is -2.09. The van der Waals surface area contributed by atoms with Crippen LogP contribution in [0.5, 0.6) is 5.75 Å².